The molecule has 0 aliphatic heterocycles. The summed E-state index contributed by atoms with van der Waals surface area (Å²) in [4.78, 5) is 0. The minimum Gasteiger partial charge on any atom is -0.389 e. The van der Waals surface area contributed by atoms with Crippen LogP contribution in [0.2, 0.25) is 0 Å². The summed E-state index contributed by atoms with van der Waals surface area (Å²) < 4.78 is 20.4. The maximum absolute atomic E-state index is 9.69. The lowest BCUT2D eigenvalue weighted by atomic mass is 10.0. The zero-order valence-electron chi connectivity index (χ0n) is 9.85. The molecule has 0 aromatic carbocycles. The number of aliphatic hydroxyl groups excluding tert-OH is 1. The van der Waals surface area contributed by atoms with Gasteiger partial charge in [-0.15, -0.1) is 0 Å². The van der Waals surface area contributed by atoms with Crippen LogP contribution in [0.3, 0.4) is 0 Å². The highest BCUT2D eigenvalue weighted by Crippen LogP contribution is 2.33. The van der Waals surface area contributed by atoms with Crippen LogP contribution in [0.25, 0.3) is 0 Å². The molecule has 0 bridgehead atoms. The average molecular weight is 232 g/mol. The molecule has 5 nitrogen and oxygen atoms in total. The molecule has 1 aliphatic rings. The zero-order valence-corrected chi connectivity index (χ0v) is 9.85. The van der Waals surface area contributed by atoms with Gasteiger partial charge in [-0.05, 0) is 5.57 Å². The standard InChI is InChI=1S/C11H20O5/c1-8-9(5-15-6-13-2)11(4-10(8)12)16-7-14-3/h9-12H,1,4-7H2,2-3H3/t9?,10-,11+/m1/s1. The molecule has 1 aliphatic carbocycles. The van der Waals surface area contributed by atoms with Crippen molar-refractivity contribution in [2.45, 2.75) is 18.6 Å². The van der Waals surface area contributed by atoms with E-state index in [1.165, 1.54) is 0 Å². The van der Waals surface area contributed by atoms with Gasteiger partial charge in [0.25, 0.3) is 0 Å². The molecule has 1 N–H and O–H groups in total. The maximum atomic E-state index is 9.69. The fourth-order valence-corrected chi connectivity index (χ4v) is 1.83. The van der Waals surface area contributed by atoms with Crippen LogP contribution in [0.15, 0.2) is 12.2 Å². The second-order valence-corrected chi connectivity index (χ2v) is 3.82. The molecular formula is C11H20O5. The molecule has 0 radical (unpaired) electrons. The van der Waals surface area contributed by atoms with Crippen LogP contribution in [0, 0.1) is 5.92 Å². The molecular weight excluding hydrogens is 212 g/mol. The second-order valence-electron chi connectivity index (χ2n) is 3.82. The molecule has 0 amide bonds. The monoisotopic (exact) mass is 232 g/mol. The molecule has 16 heavy (non-hydrogen) atoms. The maximum Gasteiger partial charge on any atom is 0.146 e. The van der Waals surface area contributed by atoms with Crippen LogP contribution in [-0.2, 0) is 18.9 Å². The van der Waals surface area contributed by atoms with Crippen molar-refractivity contribution in [3.63, 3.8) is 0 Å². The average Bonchev–Trinajstić information content (AvgIpc) is 2.54. The van der Waals surface area contributed by atoms with Crippen molar-refractivity contribution >= 4 is 0 Å². The summed E-state index contributed by atoms with van der Waals surface area (Å²) in [5.41, 5.74) is 0.761. The van der Waals surface area contributed by atoms with Gasteiger partial charge in [0, 0.05) is 26.6 Å². The van der Waals surface area contributed by atoms with Crippen molar-refractivity contribution in [1.82, 2.24) is 0 Å². The van der Waals surface area contributed by atoms with Gasteiger partial charge in [-0.1, -0.05) is 6.58 Å². The fraction of sp³-hybridized carbons (Fsp3) is 0.818. The van der Waals surface area contributed by atoms with Crippen LogP contribution in [0.1, 0.15) is 6.42 Å². The first kappa shape index (κ1) is 13.6. The lowest BCUT2D eigenvalue weighted by molar-refractivity contribution is -0.103. The molecule has 5 heteroatoms. The molecule has 1 unspecified atom stereocenters. The van der Waals surface area contributed by atoms with Gasteiger partial charge in [-0.3, -0.25) is 0 Å². The van der Waals surface area contributed by atoms with E-state index >= 15 is 0 Å². The summed E-state index contributed by atoms with van der Waals surface area (Å²) in [6.07, 6.45) is -0.0688. The quantitative estimate of drug-likeness (QED) is 0.394. The third kappa shape index (κ3) is 3.54. The Bertz CT molecular complexity index is 218. The number of rotatable bonds is 7. The zero-order chi connectivity index (χ0) is 12.0. The third-order valence-corrected chi connectivity index (χ3v) is 2.71. The topological polar surface area (TPSA) is 57.2 Å². The minimum atomic E-state index is -0.516. The van der Waals surface area contributed by atoms with Crippen molar-refractivity contribution in [3.05, 3.63) is 12.2 Å². The fourth-order valence-electron chi connectivity index (χ4n) is 1.83. The Balaban J connectivity index is 2.43. The smallest absolute Gasteiger partial charge is 0.146 e. The summed E-state index contributed by atoms with van der Waals surface area (Å²) in [7, 11) is 3.13. The Morgan fingerprint density at radius 2 is 2.00 bits per heavy atom. The summed E-state index contributed by atoms with van der Waals surface area (Å²) >= 11 is 0. The van der Waals surface area contributed by atoms with Gasteiger partial charge in [-0.25, -0.2) is 0 Å². The van der Waals surface area contributed by atoms with E-state index in [1.807, 2.05) is 0 Å². The minimum absolute atomic E-state index is 0.000278. The van der Waals surface area contributed by atoms with Crippen LogP contribution in [0.4, 0.5) is 0 Å². The lowest BCUT2D eigenvalue weighted by Crippen LogP contribution is -2.24. The van der Waals surface area contributed by atoms with Crippen LogP contribution in [-0.4, -0.2) is 51.7 Å². The van der Waals surface area contributed by atoms with Crippen molar-refractivity contribution in [3.8, 4) is 0 Å². The van der Waals surface area contributed by atoms with Gasteiger partial charge in [-0.2, -0.15) is 0 Å². The molecule has 94 valence electrons. The van der Waals surface area contributed by atoms with Gasteiger partial charge in [0.15, 0.2) is 0 Å². The summed E-state index contributed by atoms with van der Waals surface area (Å²) in [5.74, 6) is 0.000278. The van der Waals surface area contributed by atoms with Gasteiger partial charge >= 0.3 is 0 Å². The Morgan fingerprint density at radius 1 is 1.31 bits per heavy atom. The molecule has 1 saturated carbocycles. The normalized spacial score (nSPS) is 29.9. The van der Waals surface area contributed by atoms with E-state index in [4.69, 9.17) is 18.9 Å². The van der Waals surface area contributed by atoms with E-state index in [9.17, 15) is 5.11 Å². The van der Waals surface area contributed by atoms with Gasteiger partial charge in [0.05, 0.1) is 18.8 Å². The molecule has 3 atom stereocenters. The highest BCUT2D eigenvalue weighted by atomic mass is 16.7. The first-order chi connectivity index (χ1) is 7.70. The highest BCUT2D eigenvalue weighted by molar-refractivity contribution is 5.16. The van der Waals surface area contributed by atoms with E-state index in [2.05, 4.69) is 6.58 Å². The first-order valence-electron chi connectivity index (χ1n) is 5.24. The number of hydrogen-bond acceptors (Lipinski definition) is 5. The SMILES string of the molecule is C=C1C(COCOC)[C@@H](OCOC)C[C@H]1O. The van der Waals surface area contributed by atoms with E-state index in [0.29, 0.717) is 13.0 Å². The molecule has 0 saturated heterocycles. The summed E-state index contributed by atoms with van der Waals surface area (Å²) in [5, 5.41) is 9.69. The first-order valence-corrected chi connectivity index (χ1v) is 5.24. The summed E-state index contributed by atoms with van der Waals surface area (Å²) in [6.45, 7) is 4.75. The largest absolute Gasteiger partial charge is 0.389 e. The number of ether oxygens (including phenoxy) is 4. The van der Waals surface area contributed by atoms with Crippen molar-refractivity contribution in [1.29, 1.82) is 0 Å². The van der Waals surface area contributed by atoms with Gasteiger partial charge in [0.1, 0.15) is 13.6 Å². The Morgan fingerprint density at radius 3 is 2.62 bits per heavy atom. The predicted molar refractivity (Wildman–Crippen MR) is 57.8 cm³/mol. The third-order valence-electron chi connectivity index (χ3n) is 2.71. The predicted octanol–water partition coefficient (Wildman–Crippen LogP) is 0.533. The van der Waals surface area contributed by atoms with Gasteiger partial charge in [0.2, 0.25) is 0 Å². The Hall–Kier alpha value is -0.460. The number of methoxy groups -OCH3 is 2. The van der Waals surface area contributed by atoms with E-state index < -0.39 is 6.10 Å². The Labute approximate surface area is 95.9 Å². The van der Waals surface area contributed by atoms with E-state index in [0.717, 1.165) is 5.57 Å². The number of hydrogen-bond donors (Lipinski definition) is 1. The van der Waals surface area contributed by atoms with E-state index in [-0.39, 0.29) is 25.6 Å². The van der Waals surface area contributed by atoms with E-state index in [1.54, 1.807) is 14.2 Å². The molecule has 1 rings (SSSR count). The van der Waals surface area contributed by atoms with Crippen LogP contribution >= 0.6 is 0 Å². The molecule has 1 fully saturated rings. The second kappa shape index (κ2) is 6.98. The van der Waals surface area contributed by atoms with Gasteiger partial charge < -0.3 is 24.1 Å². The van der Waals surface area contributed by atoms with Crippen LogP contribution in [0.5, 0.6) is 0 Å². The highest BCUT2D eigenvalue weighted by Gasteiger charge is 2.37. The van der Waals surface area contributed by atoms with Crippen molar-refractivity contribution in [2.75, 3.05) is 34.4 Å². The summed E-state index contributed by atoms with van der Waals surface area (Å²) in [6, 6.07) is 0. The molecule has 0 aromatic rings. The molecule has 0 aromatic heterocycles. The van der Waals surface area contributed by atoms with Crippen molar-refractivity contribution < 1.29 is 24.1 Å². The van der Waals surface area contributed by atoms with Crippen LogP contribution < -0.4 is 0 Å². The molecule has 0 heterocycles. The lowest BCUT2D eigenvalue weighted by Gasteiger charge is -2.19. The molecule has 0 spiro atoms. The number of aliphatic hydroxyl groups is 1. The van der Waals surface area contributed by atoms with Crippen molar-refractivity contribution in [2.24, 2.45) is 5.92 Å². The Kier molecular flexibility index (Phi) is 5.94.